The van der Waals surface area contributed by atoms with Crippen LogP contribution in [0.5, 0.6) is 0 Å². The molecule has 1 saturated carbocycles. The highest BCUT2D eigenvalue weighted by molar-refractivity contribution is 5.30. The second-order valence-electron chi connectivity index (χ2n) is 8.33. The Labute approximate surface area is 130 Å². The predicted molar refractivity (Wildman–Crippen MR) is 89.0 cm³/mol. The average Bonchev–Trinajstić information content (AvgIpc) is 2.80. The molecule has 0 aliphatic heterocycles. The quantitative estimate of drug-likeness (QED) is 0.603. The maximum absolute atomic E-state index is 10.8. The molecule has 0 heterocycles. The van der Waals surface area contributed by atoms with Crippen molar-refractivity contribution >= 4 is 0 Å². The minimum Gasteiger partial charge on any atom is -0.392 e. The number of hydrogen-bond donors (Lipinski definition) is 1. The Balaban J connectivity index is 2.00. The van der Waals surface area contributed by atoms with Gasteiger partial charge < -0.3 is 5.11 Å². The number of hydrogen-bond acceptors (Lipinski definition) is 1. The van der Waals surface area contributed by atoms with Crippen LogP contribution in [0, 0.1) is 23.2 Å². The summed E-state index contributed by atoms with van der Waals surface area (Å²) in [6.45, 7) is 11.5. The molecule has 0 radical (unpaired) electrons. The van der Waals surface area contributed by atoms with E-state index in [1.807, 2.05) is 0 Å². The van der Waals surface area contributed by atoms with Crippen molar-refractivity contribution in [1.29, 1.82) is 0 Å². The smallest absolute Gasteiger partial charge is 0.0636 e. The van der Waals surface area contributed by atoms with Crippen LogP contribution in [0.3, 0.4) is 0 Å². The highest BCUT2D eigenvalue weighted by Gasteiger charge is 2.53. The Morgan fingerprint density at radius 2 is 1.95 bits per heavy atom. The molecule has 5 atom stereocenters. The average molecular weight is 288 g/mol. The molecule has 1 nitrogen and oxygen atoms in total. The highest BCUT2D eigenvalue weighted by Crippen LogP contribution is 2.59. The first-order valence-electron chi connectivity index (χ1n) is 8.97. The predicted octanol–water partition coefficient (Wildman–Crippen LogP) is 5.26. The van der Waals surface area contributed by atoms with Crippen molar-refractivity contribution < 1.29 is 5.11 Å². The molecule has 2 bridgehead atoms. The van der Waals surface area contributed by atoms with Crippen LogP contribution in [0.2, 0.25) is 0 Å². The molecule has 0 unspecified atom stereocenters. The Bertz CT molecular complexity index is 460. The van der Waals surface area contributed by atoms with Crippen molar-refractivity contribution in [3.63, 3.8) is 0 Å². The zero-order valence-electron chi connectivity index (χ0n) is 14.1. The van der Waals surface area contributed by atoms with Crippen LogP contribution in [0.1, 0.15) is 72.1 Å². The van der Waals surface area contributed by atoms with Gasteiger partial charge in [-0.05, 0) is 69.6 Å². The van der Waals surface area contributed by atoms with Crippen molar-refractivity contribution in [3.8, 4) is 0 Å². The zero-order chi connectivity index (χ0) is 15.2. The Morgan fingerprint density at radius 1 is 1.19 bits per heavy atom. The summed E-state index contributed by atoms with van der Waals surface area (Å²) in [6.07, 6.45) is 9.51. The summed E-state index contributed by atoms with van der Waals surface area (Å²) in [4.78, 5) is 0. The molecule has 1 N–H and O–H groups in total. The summed E-state index contributed by atoms with van der Waals surface area (Å²) < 4.78 is 0. The number of allylic oxidation sites excluding steroid dienone is 2. The van der Waals surface area contributed by atoms with E-state index in [9.17, 15) is 5.11 Å². The molecule has 1 heteroatoms. The van der Waals surface area contributed by atoms with Gasteiger partial charge in [0.2, 0.25) is 0 Å². The molecule has 1 fully saturated rings. The third kappa shape index (κ3) is 2.52. The van der Waals surface area contributed by atoms with Crippen LogP contribution in [-0.2, 0) is 0 Å². The minimum atomic E-state index is -0.143. The van der Waals surface area contributed by atoms with Crippen molar-refractivity contribution in [2.75, 3.05) is 0 Å². The molecule has 0 aromatic carbocycles. The fourth-order valence-corrected chi connectivity index (χ4v) is 5.43. The molecule has 21 heavy (non-hydrogen) atoms. The van der Waals surface area contributed by atoms with Gasteiger partial charge in [-0.1, -0.05) is 43.6 Å². The van der Waals surface area contributed by atoms with E-state index in [0.29, 0.717) is 11.8 Å². The SMILES string of the molecule is C=C1CCC[C@@H](C)CCC2=C(C)[C@@H]3[C@@H]1CC[C@]3(C)[C@@H](O)C2. The largest absolute Gasteiger partial charge is 0.392 e. The third-order valence-corrected chi connectivity index (χ3v) is 6.99. The highest BCUT2D eigenvalue weighted by atomic mass is 16.3. The number of rotatable bonds is 0. The Morgan fingerprint density at radius 3 is 2.71 bits per heavy atom. The summed E-state index contributed by atoms with van der Waals surface area (Å²) >= 11 is 0. The molecule has 3 aliphatic rings. The summed E-state index contributed by atoms with van der Waals surface area (Å²) in [5.41, 5.74) is 4.74. The van der Waals surface area contributed by atoms with Crippen molar-refractivity contribution in [2.24, 2.45) is 23.2 Å². The van der Waals surface area contributed by atoms with Crippen molar-refractivity contribution in [3.05, 3.63) is 23.3 Å². The summed E-state index contributed by atoms with van der Waals surface area (Å²) in [5, 5.41) is 10.8. The fourth-order valence-electron chi connectivity index (χ4n) is 5.43. The minimum absolute atomic E-state index is 0.0981. The fraction of sp³-hybridized carbons (Fsp3) is 0.800. The summed E-state index contributed by atoms with van der Waals surface area (Å²) in [6, 6.07) is 0. The molecule has 0 amide bonds. The van der Waals surface area contributed by atoms with Crippen LogP contribution >= 0.6 is 0 Å². The standard InChI is InChI=1S/C20H32O/c1-13-6-5-7-14(2)17-10-11-20(4)18(21)12-16(9-8-13)15(3)19(17)20/h13,17-19,21H,2,5-12H2,1,3-4H3/t13-,17-,18+,19-,20-/m1/s1. The van der Waals surface area contributed by atoms with E-state index in [4.69, 9.17) is 0 Å². The van der Waals surface area contributed by atoms with Gasteiger partial charge in [-0.25, -0.2) is 0 Å². The summed E-state index contributed by atoms with van der Waals surface area (Å²) in [5.74, 6) is 1.98. The van der Waals surface area contributed by atoms with E-state index in [1.54, 1.807) is 11.1 Å². The number of aliphatic hydroxyl groups excluding tert-OH is 1. The van der Waals surface area contributed by atoms with Crippen LogP contribution < -0.4 is 0 Å². The van der Waals surface area contributed by atoms with Gasteiger partial charge in [0.15, 0.2) is 0 Å². The second-order valence-corrected chi connectivity index (χ2v) is 8.33. The van der Waals surface area contributed by atoms with Gasteiger partial charge >= 0.3 is 0 Å². The lowest BCUT2D eigenvalue weighted by Crippen LogP contribution is -2.42. The Hall–Kier alpha value is -0.560. The number of aliphatic hydroxyl groups is 1. The van der Waals surface area contributed by atoms with Crippen molar-refractivity contribution in [1.82, 2.24) is 0 Å². The van der Waals surface area contributed by atoms with E-state index in [-0.39, 0.29) is 11.5 Å². The molecule has 0 aromatic rings. The van der Waals surface area contributed by atoms with Gasteiger partial charge in [0.1, 0.15) is 0 Å². The first-order valence-corrected chi connectivity index (χ1v) is 8.97. The lowest BCUT2D eigenvalue weighted by Gasteiger charge is -2.45. The molecular formula is C20H32O. The van der Waals surface area contributed by atoms with Gasteiger partial charge in [0, 0.05) is 5.41 Å². The first-order chi connectivity index (χ1) is 9.93. The normalized spacial score (nSPS) is 44.7. The van der Waals surface area contributed by atoms with Gasteiger partial charge in [-0.3, -0.25) is 0 Å². The van der Waals surface area contributed by atoms with E-state index >= 15 is 0 Å². The van der Waals surface area contributed by atoms with Crippen LogP contribution in [0.25, 0.3) is 0 Å². The molecule has 0 spiro atoms. The molecule has 0 saturated heterocycles. The Kier molecular flexibility index (Phi) is 4.07. The molecule has 0 aromatic heterocycles. The van der Waals surface area contributed by atoms with E-state index in [2.05, 4.69) is 27.4 Å². The van der Waals surface area contributed by atoms with E-state index < -0.39 is 0 Å². The molecule has 118 valence electrons. The van der Waals surface area contributed by atoms with E-state index in [1.165, 1.54) is 50.5 Å². The molecular weight excluding hydrogens is 256 g/mol. The molecule has 3 aliphatic carbocycles. The lowest BCUT2D eigenvalue weighted by molar-refractivity contribution is 0.00393. The van der Waals surface area contributed by atoms with Gasteiger partial charge in [-0.15, -0.1) is 0 Å². The van der Waals surface area contributed by atoms with Crippen LogP contribution in [0.15, 0.2) is 23.3 Å². The summed E-state index contributed by atoms with van der Waals surface area (Å²) in [7, 11) is 0. The molecule has 3 rings (SSSR count). The monoisotopic (exact) mass is 288 g/mol. The third-order valence-electron chi connectivity index (χ3n) is 6.99. The lowest BCUT2D eigenvalue weighted by atomic mass is 9.62. The van der Waals surface area contributed by atoms with Gasteiger partial charge in [0.05, 0.1) is 6.10 Å². The second kappa shape index (κ2) is 5.57. The first kappa shape index (κ1) is 15.3. The van der Waals surface area contributed by atoms with E-state index in [0.717, 1.165) is 12.3 Å². The van der Waals surface area contributed by atoms with Crippen LogP contribution in [0.4, 0.5) is 0 Å². The van der Waals surface area contributed by atoms with Gasteiger partial charge in [0.25, 0.3) is 0 Å². The van der Waals surface area contributed by atoms with Crippen molar-refractivity contribution in [2.45, 2.75) is 78.2 Å². The van der Waals surface area contributed by atoms with Gasteiger partial charge in [-0.2, -0.15) is 0 Å². The maximum Gasteiger partial charge on any atom is 0.0636 e. The zero-order valence-corrected chi connectivity index (χ0v) is 14.1. The topological polar surface area (TPSA) is 20.2 Å². The maximum atomic E-state index is 10.8. The van der Waals surface area contributed by atoms with Crippen LogP contribution in [-0.4, -0.2) is 11.2 Å².